The molecule has 6 heteroatoms. The van der Waals surface area contributed by atoms with Gasteiger partial charge in [0.2, 0.25) is 0 Å². The molecule has 114 valence electrons. The molecule has 4 nitrogen and oxygen atoms in total. The molecule has 2 aromatic rings. The molecule has 0 aliphatic carbocycles. The van der Waals surface area contributed by atoms with E-state index in [0.29, 0.717) is 0 Å². The van der Waals surface area contributed by atoms with Crippen molar-refractivity contribution < 1.29 is 16.8 Å². The van der Waals surface area contributed by atoms with E-state index in [-0.39, 0.29) is 9.79 Å². The molecule has 22 heavy (non-hydrogen) atoms. The highest BCUT2D eigenvalue weighted by Gasteiger charge is 2.39. The van der Waals surface area contributed by atoms with E-state index in [1.54, 1.807) is 12.1 Å². The Morgan fingerprint density at radius 2 is 1.14 bits per heavy atom. The van der Waals surface area contributed by atoms with Crippen molar-refractivity contribution in [2.75, 3.05) is 0 Å². The lowest BCUT2D eigenvalue weighted by Crippen LogP contribution is -2.30. The molecular formula is C16H14O4S2. The highest BCUT2D eigenvalue weighted by atomic mass is 32.3. The van der Waals surface area contributed by atoms with Gasteiger partial charge in [-0.15, -0.1) is 12.3 Å². The summed E-state index contributed by atoms with van der Waals surface area (Å²) < 4.78 is 49.0. The third-order valence-corrected chi connectivity index (χ3v) is 8.22. The molecule has 0 amide bonds. The molecule has 0 fully saturated rings. The molecular weight excluding hydrogens is 320 g/mol. The second kappa shape index (κ2) is 6.34. The van der Waals surface area contributed by atoms with Gasteiger partial charge in [-0.1, -0.05) is 36.4 Å². The minimum atomic E-state index is -4.10. The second-order valence-electron chi connectivity index (χ2n) is 4.55. The Morgan fingerprint density at radius 3 is 1.45 bits per heavy atom. The molecule has 0 saturated heterocycles. The molecule has 2 aromatic carbocycles. The van der Waals surface area contributed by atoms with Crippen LogP contribution in [0.4, 0.5) is 0 Å². The summed E-state index contributed by atoms with van der Waals surface area (Å²) in [4.78, 5) is -0.121. The van der Waals surface area contributed by atoms with Crippen LogP contribution < -0.4 is 0 Å². The number of benzene rings is 2. The first-order valence-corrected chi connectivity index (χ1v) is 9.51. The Hall–Kier alpha value is -2.10. The summed E-state index contributed by atoms with van der Waals surface area (Å²) in [5.41, 5.74) is 0. The smallest absolute Gasteiger partial charge is 0.196 e. The standard InChI is InChI=1S/C16H14O4S2/c1-2-9-16(21(17,18)14-10-5-3-6-11-14)22(19,20)15-12-7-4-8-13-15/h1,3-8,10-13,16H,9H2. The van der Waals surface area contributed by atoms with E-state index in [1.165, 1.54) is 48.5 Å². The maximum absolute atomic E-state index is 12.7. The Balaban J connectivity index is 2.59. The molecule has 0 aliphatic rings. The van der Waals surface area contributed by atoms with E-state index in [4.69, 9.17) is 6.42 Å². The maximum Gasteiger partial charge on any atom is 0.196 e. The first-order chi connectivity index (χ1) is 10.4. The molecule has 0 aromatic heterocycles. The summed E-state index contributed by atoms with van der Waals surface area (Å²) >= 11 is 0. The van der Waals surface area contributed by atoms with E-state index < -0.39 is 30.7 Å². The molecule has 0 N–H and O–H groups in total. The van der Waals surface area contributed by atoms with Crippen LogP contribution in [0.2, 0.25) is 0 Å². The van der Waals surface area contributed by atoms with Gasteiger partial charge < -0.3 is 0 Å². The van der Waals surface area contributed by atoms with E-state index in [2.05, 4.69) is 5.92 Å². The van der Waals surface area contributed by atoms with Crippen LogP contribution in [0.1, 0.15) is 6.42 Å². The Kier molecular flexibility index (Phi) is 4.69. The molecule has 0 atom stereocenters. The van der Waals surface area contributed by atoms with Gasteiger partial charge in [0.05, 0.1) is 9.79 Å². The highest BCUT2D eigenvalue weighted by Crippen LogP contribution is 2.27. The normalized spacial score (nSPS) is 12.0. The fraction of sp³-hybridized carbons (Fsp3) is 0.125. The van der Waals surface area contributed by atoms with Gasteiger partial charge in [0, 0.05) is 6.42 Å². The molecule has 0 heterocycles. The number of terminal acetylenes is 1. The summed E-state index contributed by atoms with van der Waals surface area (Å²) in [5, 5.41) is 0. The van der Waals surface area contributed by atoms with Crippen molar-refractivity contribution in [3.63, 3.8) is 0 Å². The van der Waals surface area contributed by atoms with Gasteiger partial charge in [0.15, 0.2) is 24.3 Å². The molecule has 0 spiro atoms. The highest BCUT2D eigenvalue weighted by molar-refractivity contribution is 8.09. The molecule has 0 saturated carbocycles. The maximum atomic E-state index is 12.7. The quantitative estimate of drug-likeness (QED) is 0.787. The predicted octanol–water partition coefficient (Wildman–Crippen LogP) is 2.28. The first-order valence-electron chi connectivity index (χ1n) is 6.42. The Morgan fingerprint density at radius 1 is 0.773 bits per heavy atom. The first kappa shape index (κ1) is 16.3. The zero-order valence-corrected chi connectivity index (χ0v) is 13.2. The number of hydrogen-bond acceptors (Lipinski definition) is 4. The predicted molar refractivity (Wildman–Crippen MR) is 84.5 cm³/mol. The summed E-state index contributed by atoms with van der Waals surface area (Å²) in [6.45, 7) is 0. The lowest BCUT2D eigenvalue weighted by molar-refractivity contribution is 0.575. The van der Waals surface area contributed by atoms with Crippen molar-refractivity contribution in [3.8, 4) is 12.3 Å². The van der Waals surface area contributed by atoms with Crippen molar-refractivity contribution >= 4 is 19.7 Å². The SMILES string of the molecule is C#CCC(S(=O)(=O)c1ccccc1)S(=O)(=O)c1ccccc1. The third-order valence-electron chi connectivity index (χ3n) is 3.12. The van der Waals surface area contributed by atoms with E-state index in [0.717, 1.165) is 0 Å². The molecule has 2 rings (SSSR count). The topological polar surface area (TPSA) is 68.3 Å². The number of sulfone groups is 2. The molecule has 0 bridgehead atoms. The van der Waals surface area contributed by atoms with Gasteiger partial charge in [0.1, 0.15) is 0 Å². The minimum Gasteiger partial charge on any atom is -0.222 e. The van der Waals surface area contributed by atoms with Crippen molar-refractivity contribution in [1.82, 2.24) is 0 Å². The fourth-order valence-electron chi connectivity index (χ4n) is 2.01. The molecule has 0 unspecified atom stereocenters. The Bertz CT molecular complexity index is 809. The van der Waals surface area contributed by atoms with Gasteiger partial charge in [-0.2, -0.15) is 0 Å². The van der Waals surface area contributed by atoms with Crippen molar-refractivity contribution in [3.05, 3.63) is 60.7 Å². The summed E-state index contributed by atoms with van der Waals surface area (Å²) in [7, 11) is -8.20. The summed E-state index contributed by atoms with van der Waals surface area (Å²) in [6.07, 6.45) is 4.79. The van der Waals surface area contributed by atoms with Crippen LogP contribution in [0.3, 0.4) is 0 Å². The van der Waals surface area contributed by atoms with Crippen LogP contribution in [0.15, 0.2) is 70.5 Å². The Labute approximate surface area is 130 Å². The van der Waals surface area contributed by atoms with Crippen LogP contribution >= 0.6 is 0 Å². The van der Waals surface area contributed by atoms with Crippen LogP contribution in [0.25, 0.3) is 0 Å². The summed E-state index contributed by atoms with van der Waals surface area (Å²) in [5.74, 6) is 2.16. The zero-order chi connectivity index (χ0) is 16.2. The average Bonchev–Trinajstić information content (AvgIpc) is 2.54. The lowest BCUT2D eigenvalue weighted by Gasteiger charge is -2.16. The lowest BCUT2D eigenvalue weighted by atomic mass is 10.4. The van der Waals surface area contributed by atoms with Crippen LogP contribution in [0, 0.1) is 12.3 Å². The fourth-order valence-corrected chi connectivity index (χ4v) is 6.32. The van der Waals surface area contributed by atoms with Gasteiger partial charge in [-0.25, -0.2) is 16.8 Å². The molecule has 0 radical (unpaired) electrons. The second-order valence-corrected chi connectivity index (χ2v) is 9.11. The van der Waals surface area contributed by atoms with Crippen molar-refractivity contribution in [2.45, 2.75) is 20.8 Å². The van der Waals surface area contributed by atoms with Gasteiger partial charge in [-0.05, 0) is 24.3 Å². The summed E-state index contributed by atoms with van der Waals surface area (Å²) in [6, 6.07) is 14.9. The minimum absolute atomic E-state index is 0.0604. The van der Waals surface area contributed by atoms with E-state index in [1.807, 2.05) is 0 Å². The van der Waals surface area contributed by atoms with E-state index >= 15 is 0 Å². The number of hydrogen-bond donors (Lipinski definition) is 0. The number of rotatable bonds is 5. The zero-order valence-electron chi connectivity index (χ0n) is 11.6. The van der Waals surface area contributed by atoms with Gasteiger partial charge >= 0.3 is 0 Å². The average molecular weight is 334 g/mol. The van der Waals surface area contributed by atoms with Crippen molar-refractivity contribution in [1.29, 1.82) is 0 Å². The van der Waals surface area contributed by atoms with Crippen LogP contribution in [-0.4, -0.2) is 21.4 Å². The monoisotopic (exact) mass is 334 g/mol. The third kappa shape index (κ3) is 3.06. The van der Waals surface area contributed by atoms with Gasteiger partial charge in [0.25, 0.3) is 0 Å². The van der Waals surface area contributed by atoms with E-state index in [9.17, 15) is 16.8 Å². The van der Waals surface area contributed by atoms with Crippen LogP contribution in [0.5, 0.6) is 0 Å². The molecule has 0 aliphatic heterocycles. The largest absolute Gasteiger partial charge is 0.222 e. The van der Waals surface area contributed by atoms with Gasteiger partial charge in [-0.3, -0.25) is 0 Å². The van der Waals surface area contributed by atoms with Crippen LogP contribution in [-0.2, 0) is 19.7 Å². The van der Waals surface area contributed by atoms with Crippen molar-refractivity contribution in [2.24, 2.45) is 0 Å².